The molecule has 0 radical (unpaired) electrons. The summed E-state index contributed by atoms with van der Waals surface area (Å²) in [6, 6.07) is 0.576. The van der Waals surface area contributed by atoms with E-state index in [4.69, 9.17) is 0 Å². The van der Waals surface area contributed by atoms with Crippen LogP contribution in [0.1, 0.15) is 39.5 Å². The number of piperidine rings is 1. The first kappa shape index (κ1) is 9.47. The van der Waals surface area contributed by atoms with Crippen molar-refractivity contribution in [3.05, 3.63) is 0 Å². The standard InChI is InChI=1S/C11H21NO/c1-11(2)6-9-8(10(13)7-11)4-3-5-12-9/h8-10,12-13H,3-7H2,1-2H3. The maximum absolute atomic E-state index is 10.00. The first-order chi connectivity index (χ1) is 6.08. The summed E-state index contributed by atoms with van der Waals surface area (Å²) >= 11 is 0. The third-order valence-corrected chi connectivity index (χ3v) is 3.67. The van der Waals surface area contributed by atoms with E-state index < -0.39 is 0 Å². The molecule has 13 heavy (non-hydrogen) atoms. The Bertz CT molecular complexity index is 191. The normalized spacial score (nSPS) is 44.1. The quantitative estimate of drug-likeness (QED) is 0.597. The predicted molar refractivity (Wildman–Crippen MR) is 53.5 cm³/mol. The minimum absolute atomic E-state index is 0.0680. The zero-order valence-corrected chi connectivity index (χ0v) is 8.71. The van der Waals surface area contributed by atoms with Crippen LogP contribution in [0.3, 0.4) is 0 Å². The first-order valence-electron chi connectivity index (χ1n) is 5.50. The van der Waals surface area contributed by atoms with Crippen molar-refractivity contribution in [2.75, 3.05) is 6.54 Å². The van der Waals surface area contributed by atoms with Gasteiger partial charge in [-0.05, 0) is 37.6 Å². The Morgan fingerprint density at radius 3 is 2.85 bits per heavy atom. The highest BCUT2D eigenvalue weighted by Crippen LogP contribution is 2.41. The third kappa shape index (κ3) is 1.89. The highest BCUT2D eigenvalue weighted by atomic mass is 16.3. The molecule has 2 N–H and O–H groups in total. The van der Waals surface area contributed by atoms with Crippen molar-refractivity contribution in [1.29, 1.82) is 0 Å². The SMILES string of the molecule is CC1(C)CC(O)C2CCCNC2C1. The van der Waals surface area contributed by atoms with E-state index in [0.29, 0.717) is 17.4 Å². The number of aliphatic hydroxyl groups is 1. The molecule has 2 aliphatic rings. The maximum Gasteiger partial charge on any atom is 0.0588 e. The monoisotopic (exact) mass is 183 g/mol. The molecule has 1 heterocycles. The van der Waals surface area contributed by atoms with Crippen LogP contribution in [0, 0.1) is 11.3 Å². The average Bonchev–Trinajstić information content (AvgIpc) is 2.02. The Labute approximate surface area is 80.7 Å². The molecule has 2 heteroatoms. The second-order valence-electron chi connectivity index (χ2n) is 5.51. The molecule has 0 bridgehead atoms. The van der Waals surface area contributed by atoms with Gasteiger partial charge in [-0.1, -0.05) is 13.8 Å². The minimum atomic E-state index is -0.0680. The van der Waals surface area contributed by atoms with Crippen LogP contribution in [-0.2, 0) is 0 Å². The molecule has 0 amide bonds. The lowest BCUT2D eigenvalue weighted by Gasteiger charge is -2.46. The second-order valence-corrected chi connectivity index (χ2v) is 5.51. The van der Waals surface area contributed by atoms with Crippen LogP contribution in [0.25, 0.3) is 0 Å². The largest absolute Gasteiger partial charge is 0.393 e. The molecule has 0 aromatic heterocycles. The minimum Gasteiger partial charge on any atom is -0.393 e. The van der Waals surface area contributed by atoms with E-state index >= 15 is 0 Å². The Morgan fingerprint density at radius 2 is 2.08 bits per heavy atom. The molecule has 1 aliphatic heterocycles. The zero-order chi connectivity index (χ0) is 9.47. The second kappa shape index (κ2) is 3.25. The summed E-state index contributed by atoms with van der Waals surface area (Å²) in [5.41, 5.74) is 0.324. The van der Waals surface area contributed by atoms with E-state index in [1.54, 1.807) is 0 Å². The summed E-state index contributed by atoms with van der Waals surface area (Å²) in [6.45, 7) is 5.68. The zero-order valence-electron chi connectivity index (χ0n) is 8.71. The van der Waals surface area contributed by atoms with Gasteiger partial charge in [0.15, 0.2) is 0 Å². The topological polar surface area (TPSA) is 32.3 Å². The van der Waals surface area contributed by atoms with Gasteiger partial charge in [0.1, 0.15) is 0 Å². The summed E-state index contributed by atoms with van der Waals surface area (Å²) in [4.78, 5) is 0. The molecule has 3 unspecified atom stereocenters. The van der Waals surface area contributed by atoms with Crippen molar-refractivity contribution in [2.24, 2.45) is 11.3 Å². The predicted octanol–water partition coefficient (Wildman–Crippen LogP) is 1.54. The molecule has 1 saturated heterocycles. The van der Waals surface area contributed by atoms with Gasteiger partial charge >= 0.3 is 0 Å². The number of rotatable bonds is 0. The highest BCUT2D eigenvalue weighted by Gasteiger charge is 2.41. The molecule has 1 saturated carbocycles. The van der Waals surface area contributed by atoms with E-state index in [2.05, 4.69) is 19.2 Å². The number of aliphatic hydroxyl groups excluding tert-OH is 1. The van der Waals surface area contributed by atoms with Gasteiger partial charge in [0, 0.05) is 12.0 Å². The maximum atomic E-state index is 10.00. The molecule has 0 spiro atoms. The Kier molecular flexibility index (Phi) is 2.37. The van der Waals surface area contributed by atoms with E-state index in [-0.39, 0.29) is 6.10 Å². The van der Waals surface area contributed by atoms with Crippen LogP contribution in [-0.4, -0.2) is 23.8 Å². The molecule has 2 rings (SSSR count). The molecule has 2 nitrogen and oxygen atoms in total. The van der Waals surface area contributed by atoms with E-state index in [1.165, 1.54) is 19.3 Å². The van der Waals surface area contributed by atoms with Gasteiger partial charge in [-0.2, -0.15) is 0 Å². The molecule has 1 aliphatic carbocycles. The van der Waals surface area contributed by atoms with Crippen LogP contribution in [0.15, 0.2) is 0 Å². The van der Waals surface area contributed by atoms with Crippen molar-refractivity contribution >= 4 is 0 Å². The van der Waals surface area contributed by atoms with Crippen LogP contribution in [0.4, 0.5) is 0 Å². The highest BCUT2D eigenvalue weighted by molar-refractivity contribution is 4.95. The van der Waals surface area contributed by atoms with Gasteiger partial charge in [0.25, 0.3) is 0 Å². The Hall–Kier alpha value is -0.0800. The molecule has 2 fully saturated rings. The van der Waals surface area contributed by atoms with Crippen LogP contribution >= 0.6 is 0 Å². The van der Waals surface area contributed by atoms with Gasteiger partial charge in [0.05, 0.1) is 6.10 Å². The van der Waals surface area contributed by atoms with Crippen LogP contribution in [0.2, 0.25) is 0 Å². The molecular weight excluding hydrogens is 162 g/mol. The Balaban J connectivity index is 2.07. The molecule has 0 aromatic carbocycles. The third-order valence-electron chi connectivity index (χ3n) is 3.67. The average molecular weight is 183 g/mol. The van der Waals surface area contributed by atoms with E-state index in [0.717, 1.165) is 13.0 Å². The molecule has 0 aromatic rings. The van der Waals surface area contributed by atoms with Crippen molar-refractivity contribution in [3.8, 4) is 0 Å². The van der Waals surface area contributed by atoms with Crippen LogP contribution < -0.4 is 5.32 Å². The smallest absolute Gasteiger partial charge is 0.0588 e. The van der Waals surface area contributed by atoms with Crippen molar-refractivity contribution < 1.29 is 5.11 Å². The fourth-order valence-corrected chi connectivity index (χ4v) is 3.06. The number of hydrogen-bond acceptors (Lipinski definition) is 2. The number of fused-ring (bicyclic) bond motifs is 1. The Morgan fingerprint density at radius 1 is 1.31 bits per heavy atom. The van der Waals surface area contributed by atoms with Gasteiger partial charge in [-0.15, -0.1) is 0 Å². The van der Waals surface area contributed by atoms with E-state index in [9.17, 15) is 5.11 Å². The van der Waals surface area contributed by atoms with Crippen molar-refractivity contribution in [1.82, 2.24) is 5.32 Å². The van der Waals surface area contributed by atoms with Crippen molar-refractivity contribution in [2.45, 2.75) is 51.7 Å². The summed E-state index contributed by atoms with van der Waals surface area (Å²) < 4.78 is 0. The van der Waals surface area contributed by atoms with Gasteiger partial charge in [-0.25, -0.2) is 0 Å². The molecule has 76 valence electrons. The molecule has 3 atom stereocenters. The van der Waals surface area contributed by atoms with Crippen molar-refractivity contribution in [3.63, 3.8) is 0 Å². The van der Waals surface area contributed by atoms with Gasteiger partial charge in [0.2, 0.25) is 0 Å². The van der Waals surface area contributed by atoms with E-state index in [1.807, 2.05) is 0 Å². The van der Waals surface area contributed by atoms with Gasteiger partial charge in [-0.3, -0.25) is 0 Å². The van der Waals surface area contributed by atoms with Crippen LogP contribution in [0.5, 0.6) is 0 Å². The lowest BCUT2D eigenvalue weighted by atomic mass is 9.66. The molecular formula is C11H21NO. The fraction of sp³-hybridized carbons (Fsp3) is 1.00. The summed E-state index contributed by atoms with van der Waals surface area (Å²) in [5.74, 6) is 0.529. The first-order valence-corrected chi connectivity index (χ1v) is 5.50. The lowest BCUT2D eigenvalue weighted by molar-refractivity contribution is -0.0196. The fourth-order valence-electron chi connectivity index (χ4n) is 3.06. The summed E-state index contributed by atoms with van der Waals surface area (Å²) in [6.07, 6.45) is 4.60. The van der Waals surface area contributed by atoms with Gasteiger partial charge < -0.3 is 10.4 Å². The summed E-state index contributed by atoms with van der Waals surface area (Å²) in [5, 5.41) is 13.5. The lowest BCUT2D eigenvalue weighted by Crippen LogP contribution is -2.52. The number of nitrogens with one attached hydrogen (secondary N) is 1. The number of hydrogen-bond donors (Lipinski definition) is 2. The summed E-state index contributed by atoms with van der Waals surface area (Å²) in [7, 11) is 0.